The van der Waals surface area contributed by atoms with Crippen LogP contribution in [0, 0.1) is 11.3 Å². The molecule has 1 aliphatic rings. The first kappa shape index (κ1) is 34.6. The summed E-state index contributed by atoms with van der Waals surface area (Å²) < 4.78 is 28.6. The monoisotopic (exact) mass is 707 g/mol. The third-order valence-electron chi connectivity index (χ3n) is 6.90. The minimum Gasteiger partial charge on any atom is -0.493 e. The van der Waals surface area contributed by atoms with Gasteiger partial charge >= 0.3 is 12.0 Å². The van der Waals surface area contributed by atoms with Gasteiger partial charge in [0.05, 0.1) is 50.3 Å². The van der Waals surface area contributed by atoms with Crippen molar-refractivity contribution in [1.82, 2.24) is 16.1 Å². The maximum Gasteiger partial charge on any atom is 0.337 e. The van der Waals surface area contributed by atoms with Gasteiger partial charge in [0.25, 0.3) is 0 Å². The van der Waals surface area contributed by atoms with Crippen molar-refractivity contribution in [1.29, 1.82) is 5.26 Å². The zero-order valence-electron chi connectivity index (χ0n) is 26.1. The highest BCUT2D eigenvalue weighted by Crippen LogP contribution is 2.35. The molecule has 2 atom stereocenters. The van der Waals surface area contributed by atoms with Crippen molar-refractivity contribution in [2.24, 2.45) is 5.10 Å². The van der Waals surface area contributed by atoms with Gasteiger partial charge in [-0.05, 0) is 65.7 Å². The molecule has 0 saturated carbocycles. The van der Waals surface area contributed by atoms with Crippen LogP contribution in [0.5, 0.6) is 23.0 Å². The molecule has 13 nitrogen and oxygen atoms in total. The zero-order valence-corrected chi connectivity index (χ0v) is 27.7. The molecular formula is C33H34BrN5O8. The van der Waals surface area contributed by atoms with Crippen LogP contribution in [0.2, 0.25) is 0 Å². The SMILES string of the molecule is CCOc1cc([C@H]2NC(=O)NC(C)=C2C(=O)OC)ccc1OC[C@H](O)N/N=C\c1cc(OC)c(OCc2ccccc2C#N)cc1Br. The first-order valence-corrected chi connectivity index (χ1v) is 15.2. The van der Waals surface area contributed by atoms with Gasteiger partial charge in [-0.2, -0.15) is 10.4 Å². The van der Waals surface area contributed by atoms with Crippen LogP contribution in [0.4, 0.5) is 4.79 Å². The van der Waals surface area contributed by atoms with Gasteiger partial charge in [-0.1, -0.05) is 24.3 Å². The van der Waals surface area contributed by atoms with E-state index in [0.29, 0.717) is 56.5 Å². The lowest BCUT2D eigenvalue weighted by Gasteiger charge is -2.28. The molecular weight excluding hydrogens is 674 g/mol. The first-order valence-electron chi connectivity index (χ1n) is 14.4. The van der Waals surface area contributed by atoms with Crippen LogP contribution in [0.1, 0.15) is 42.1 Å². The molecule has 4 rings (SSSR count). The van der Waals surface area contributed by atoms with Crippen molar-refractivity contribution < 1.29 is 38.4 Å². The van der Waals surface area contributed by atoms with Crippen LogP contribution in [0.25, 0.3) is 0 Å². The summed E-state index contributed by atoms with van der Waals surface area (Å²) in [5, 5.41) is 29.3. The number of nitriles is 1. The molecule has 0 aromatic heterocycles. The van der Waals surface area contributed by atoms with E-state index in [-0.39, 0.29) is 18.8 Å². The number of hydrogen-bond donors (Lipinski definition) is 4. The molecule has 0 saturated heterocycles. The normalized spacial score (nSPS) is 14.8. The minimum atomic E-state index is -1.19. The molecule has 0 unspecified atom stereocenters. The average Bonchev–Trinajstić information content (AvgIpc) is 3.07. The number of carbonyl (C=O) groups is 2. The van der Waals surface area contributed by atoms with Gasteiger partial charge < -0.3 is 39.4 Å². The largest absolute Gasteiger partial charge is 0.493 e. The predicted octanol–water partition coefficient (Wildman–Crippen LogP) is 4.43. The van der Waals surface area contributed by atoms with E-state index in [9.17, 15) is 20.0 Å². The highest BCUT2D eigenvalue weighted by atomic mass is 79.9. The molecule has 0 bridgehead atoms. The van der Waals surface area contributed by atoms with Crippen molar-refractivity contribution >= 4 is 34.1 Å². The Bertz CT molecular complexity index is 1720. The zero-order chi connectivity index (χ0) is 33.9. The molecule has 0 spiro atoms. The Balaban J connectivity index is 1.40. The fraction of sp³-hybridized carbons (Fsp3) is 0.273. The van der Waals surface area contributed by atoms with E-state index in [4.69, 9.17) is 23.7 Å². The first-order chi connectivity index (χ1) is 22.7. The molecule has 3 aromatic rings. The summed E-state index contributed by atoms with van der Waals surface area (Å²) in [6.45, 7) is 3.74. The standard InChI is InChI=1S/C33H34BrN5O8/c1-5-45-27-12-20(31-30(32(41)44-4)19(2)37-33(42)38-31)10-11-25(27)47-18-29(40)39-36-16-23-13-26(43-3)28(14-24(23)34)46-17-22-9-7-6-8-21(22)15-35/h6-14,16,29,31,39-40H,5,17-18H2,1-4H3,(H2,37,38,42)/b36-16-/t29-,31+/m0/s1. The number of rotatable bonds is 14. The van der Waals surface area contributed by atoms with Crippen molar-refractivity contribution in [2.75, 3.05) is 27.4 Å². The van der Waals surface area contributed by atoms with Crippen molar-refractivity contribution in [3.05, 3.63) is 92.6 Å². The van der Waals surface area contributed by atoms with Crippen LogP contribution in [0.3, 0.4) is 0 Å². The minimum absolute atomic E-state index is 0.182. The lowest BCUT2D eigenvalue weighted by Crippen LogP contribution is -2.45. The lowest BCUT2D eigenvalue weighted by atomic mass is 9.95. The molecule has 14 heteroatoms. The molecule has 2 amide bonds. The van der Waals surface area contributed by atoms with E-state index in [2.05, 4.69) is 43.2 Å². The number of ether oxygens (including phenoxy) is 5. The van der Waals surface area contributed by atoms with E-state index >= 15 is 0 Å². The molecule has 246 valence electrons. The molecule has 0 fully saturated rings. The number of benzene rings is 3. The Hall–Kier alpha value is -5.26. The van der Waals surface area contributed by atoms with E-state index in [1.807, 2.05) is 12.1 Å². The Kier molecular flexibility index (Phi) is 12.0. The topological polar surface area (TPSA) is 173 Å². The fourth-order valence-electron chi connectivity index (χ4n) is 4.65. The summed E-state index contributed by atoms with van der Waals surface area (Å²) >= 11 is 3.51. The smallest absolute Gasteiger partial charge is 0.337 e. The van der Waals surface area contributed by atoms with Gasteiger partial charge in [0.1, 0.15) is 13.2 Å². The number of hydrazone groups is 1. The van der Waals surface area contributed by atoms with Gasteiger partial charge in [-0.3, -0.25) is 5.43 Å². The third-order valence-corrected chi connectivity index (χ3v) is 7.59. The number of carbonyl (C=O) groups excluding carboxylic acids is 2. The molecule has 3 aromatic carbocycles. The average molecular weight is 709 g/mol. The number of allylic oxidation sites excluding steroid dienone is 1. The number of esters is 1. The molecule has 4 N–H and O–H groups in total. The number of urea groups is 1. The summed E-state index contributed by atoms with van der Waals surface area (Å²) in [5.74, 6) is 1.03. The fourth-order valence-corrected chi connectivity index (χ4v) is 5.07. The third kappa shape index (κ3) is 8.72. The second kappa shape index (κ2) is 16.3. The Morgan fingerprint density at radius 2 is 1.87 bits per heavy atom. The molecule has 0 radical (unpaired) electrons. The van der Waals surface area contributed by atoms with Gasteiger partial charge in [0, 0.05) is 21.3 Å². The Labute approximate surface area is 280 Å². The van der Waals surface area contributed by atoms with E-state index < -0.39 is 24.3 Å². The van der Waals surface area contributed by atoms with Crippen LogP contribution in [0.15, 0.2) is 75.4 Å². The van der Waals surface area contributed by atoms with Crippen LogP contribution >= 0.6 is 15.9 Å². The Morgan fingerprint density at radius 1 is 1.11 bits per heavy atom. The molecule has 0 aliphatic carbocycles. The second-order valence-corrected chi connectivity index (χ2v) is 10.9. The van der Waals surface area contributed by atoms with E-state index in [0.717, 1.165) is 5.56 Å². The number of nitrogens with zero attached hydrogens (tertiary/aromatic N) is 2. The highest BCUT2D eigenvalue weighted by molar-refractivity contribution is 9.10. The molecule has 47 heavy (non-hydrogen) atoms. The number of nitrogens with one attached hydrogen (secondary N) is 3. The van der Waals surface area contributed by atoms with Gasteiger partial charge in [-0.25, -0.2) is 9.59 Å². The maximum absolute atomic E-state index is 12.5. The van der Waals surface area contributed by atoms with Gasteiger partial charge in [0.2, 0.25) is 0 Å². The summed E-state index contributed by atoms with van der Waals surface area (Å²) in [6.07, 6.45) is 0.302. The maximum atomic E-state index is 12.5. The number of aliphatic hydroxyl groups excluding tert-OH is 1. The molecule has 1 aliphatic heterocycles. The van der Waals surface area contributed by atoms with E-state index in [1.54, 1.807) is 56.3 Å². The van der Waals surface area contributed by atoms with Crippen LogP contribution < -0.4 is 35.0 Å². The van der Waals surface area contributed by atoms with Crippen LogP contribution in [-0.4, -0.2) is 57.0 Å². The Morgan fingerprint density at radius 3 is 2.60 bits per heavy atom. The van der Waals surface area contributed by atoms with Crippen molar-refractivity contribution in [3.63, 3.8) is 0 Å². The predicted molar refractivity (Wildman–Crippen MR) is 175 cm³/mol. The summed E-state index contributed by atoms with van der Waals surface area (Å²) in [6, 6.07) is 16.5. The number of methoxy groups -OCH3 is 2. The number of halogens is 1. The van der Waals surface area contributed by atoms with Crippen molar-refractivity contribution in [2.45, 2.75) is 32.7 Å². The number of amides is 2. The van der Waals surface area contributed by atoms with Crippen molar-refractivity contribution in [3.8, 4) is 29.1 Å². The summed E-state index contributed by atoms with van der Waals surface area (Å²) in [4.78, 5) is 24.6. The summed E-state index contributed by atoms with van der Waals surface area (Å²) in [7, 11) is 2.78. The van der Waals surface area contributed by atoms with Gasteiger partial charge in [-0.15, -0.1) is 0 Å². The highest BCUT2D eigenvalue weighted by Gasteiger charge is 2.32. The summed E-state index contributed by atoms with van der Waals surface area (Å²) in [5.41, 5.74) is 5.74. The van der Waals surface area contributed by atoms with Crippen LogP contribution in [-0.2, 0) is 16.1 Å². The number of hydrogen-bond acceptors (Lipinski definition) is 11. The lowest BCUT2D eigenvalue weighted by molar-refractivity contribution is -0.136. The molecule has 1 heterocycles. The quantitative estimate of drug-likeness (QED) is 0.0813. The number of aliphatic hydroxyl groups is 1. The second-order valence-electron chi connectivity index (χ2n) is 10.00. The van der Waals surface area contributed by atoms with Gasteiger partial charge in [0.15, 0.2) is 29.2 Å². The van der Waals surface area contributed by atoms with E-state index in [1.165, 1.54) is 20.4 Å².